The van der Waals surface area contributed by atoms with E-state index in [1.165, 1.54) is 12.8 Å². The molecule has 2 rings (SSSR count). The molecule has 1 fully saturated rings. The van der Waals surface area contributed by atoms with Gasteiger partial charge in [-0.25, -0.2) is 0 Å². The van der Waals surface area contributed by atoms with Crippen LogP contribution in [0, 0.1) is 17.3 Å². The summed E-state index contributed by atoms with van der Waals surface area (Å²) in [7, 11) is 0. The van der Waals surface area contributed by atoms with Crippen LogP contribution in [0.5, 0.6) is 0 Å². The van der Waals surface area contributed by atoms with Gasteiger partial charge < -0.3 is 10.4 Å². The highest BCUT2D eigenvalue weighted by Crippen LogP contribution is 2.47. The van der Waals surface area contributed by atoms with Crippen molar-refractivity contribution in [1.82, 2.24) is 5.32 Å². The fraction of sp³-hybridized carbons (Fsp3) is 0.471. The minimum atomic E-state index is -0.0319. The zero-order chi connectivity index (χ0) is 14.4. The van der Waals surface area contributed by atoms with E-state index in [4.69, 9.17) is 5.11 Å². The Kier molecular flexibility index (Phi) is 4.81. The van der Waals surface area contributed by atoms with Gasteiger partial charge in [0, 0.05) is 24.1 Å². The van der Waals surface area contributed by atoms with Crippen molar-refractivity contribution in [2.45, 2.75) is 32.6 Å². The van der Waals surface area contributed by atoms with Crippen LogP contribution in [0.2, 0.25) is 0 Å². The first-order valence-corrected chi connectivity index (χ1v) is 7.17. The number of carbonyl (C=O) groups is 1. The van der Waals surface area contributed by atoms with Gasteiger partial charge in [0.1, 0.15) is 0 Å². The quantitative estimate of drug-likeness (QED) is 0.808. The smallest absolute Gasteiger partial charge is 0.251 e. The summed E-state index contributed by atoms with van der Waals surface area (Å²) in [5.41, 5.74) is 1.81. The highest BCUT2D eigenvalue weighted by atomic mass is 16.2. The lowest BCUT2D eigenvalue weighted by Crippen LogP contribution is -2.29. The van der Waals surface area contributed by atoms with E-state index < -0.39 is 0 Å². The monoisotopic (exact) mass is 271 g/mol. The average molecular weight is 271 g/mol. The third-order valence-corrected chi connectivity index (χ3v) is 3.93. The Bertz CT molecular complexity index is 535. The maximum absolute atomic E-state index is 12.1. The minimum absolute atomic E-state index is 0.0319. The highest BCUT2D eigenvalue weighted by molar-refractivity contribution is 5.94. The van der Waals surface area contributed by atoms with Crippen LogP contribution in [-0.2, 0) is 0 Å². The Labute approximate surface area is 120 Å². The van der Waals surface area contributed by atoms with Crippen LogP contribution >= 0.6 is 0 Å². The molecule has 0 radical (unpaired) electrons. The third kappa shape index (κ3) is 3.85. The molecule has 1 amide bonds. The fourth-order valence-corrected chi connectivity index (χ4v) is 2.16. The van der Waals surface area contributed by atoms with E-state index in [1.54, 1.807) is 12.1 Å². The second-order valence-electron chi connectivity index (χ2n) is 5.39. The molecule has 1 aliphatic carbocycles. The number of rotatable bonds is 5. The Morgan fingerprint density at radius 1 is 1.45 bits per heavy atom. The number of carbonyl (C=O) groups excluding carboxylic acids is 1. The van der Waals surface area contributed by atoms with Crippen molar-refractivity contribution in [3.05, 3.63) is 35.4 Å². The summed E-state index contributed by atoms with van der Waals surface area (Å²) in [6, 6.07) is 7.31. The summed E-state index contributed by atoms with van der Waals surface area (Å²) in [5.74, 6) is 5.78. The van der Waals surface area contributed by atoms with Gasteiger partial charge in [0.05, 0.1) is 6.61 Å². The maximum atomic E-state index is 12.1. The Hall–Kier alpha value is -1.79. The molecular formula is C17H21NO2. The van der Waals surface area contributed by atoms with E-state index in [0.29, 0.717) is 17.4 Å². The molecule has 3 heteroatoms. The van der Waals surface area contributed by atoms with Gasteiger partial charge in [-0.2, -0.15) is 0 Å². The summed E-state index contributed by atoms with van der Waals surface area (Å²) in [6.07, 6.45) is 4.02. The minimum Gasteiger partial charge on any atom is -0.395 e. The molecule has 0 spiro atoms. The molecular weight excluding hydrogens is 250 g/mol. The van der Waals surface area contributed by atoms with Crippen LogP contribution in [0.1, 0.15) is 48.5 Å². The molecule has 0 saturated heterocycles. The van der Waals surface area contributed by atoms with E-state index >= 15 is 0 Å². The lowest BCUT2D eigenvalue weighted by atomic mass is 10.0. The maximum Gasteiger partial charge on any atom is 0.251 e. The van der Waals surface area contributed by atoms with E-state index in [2.05, 4.69) is 24.1 Å². The van der Waals surface area contributed by atoms with Gasteiger partial charge in [-0.3, -0.25) is 4.79 Å². The zero-order valence-corrected chi connectivity index (χ0v) is 11.9. The van der Waals surface area contributed by atoms with Crippen molar-refractivity contribution in [3.63, 3.8) is 0 Å². The van der Waals surface area contributed by atoms with E-state index in [1.807, 2.05) is 12.1 Å². The SMILES string of the molecule is CCC1(CNC(=O)c2cccc(C#CCCO)c2)CC1. The Balaban J connectivity index is 1.96. The van der Waals surface area contributed by atoms with Crippen LogP contribution in [0.25, 0.3) is 0 Å². The average Bonchev–Trinajstić information content (AvgIpc) is 3.26. The third-order valence-electron chi connectivity index (χ3n) is 3.93. The van der Waals surface area contributed by atoms with Crippen LogP contribution < -0.4 is 5.32 Å². The number of benzene rings is 1. The van der Waals surface area contributed by atoms with Crippen LogP contribution in [0.4, 0.5) is 0 Å². The van der Waals surface area contributed by atoms with Crippen molar-refractivity contribution in [2.24, 2.45) is 5.41 Å². The first-order valence-electron chi connectivity index (χ1n) is 7.17. The summed E-state index contributed by atoms with van der Waals surface area (Å²) in [4.78, 5) is 12.1. The summed E-state index contributed by atoms with van der Waals surface area (Å²) < 4.78 is 0. The lowest BCUT2D eigenvalue weighted by molar-refractivity contribution is 0.0944. The van der Waals surface area contributed by atoms with Gasteiger partial charge in [-0.15, -0.1) is 0 Å². The number of aliphatic hydroxyl groups excluding tert-OH is 1. The topological polar surface area (TPSA) is 49.3 Å². The van der Waals surface area contributed by atoms with Crippen molar-refractivity contribution < 1.29 is 9.90 Å². The summed E-state index contributed by atoms with van der Waals surface area (Å²) in [6.45, 7) is 3.01. The molecule has 1 saturated carbocycles. The van der Waals surface area contributed by atoms with Crippen LogP contribution in [-0.4, -0.2) is 24.2 Å². The predicted octanol–water partition coefficient (Wildman–Crippen LogP) is 2.34. The largest absolute Gasteiger partial charge is 0.395 e. The zero-order valence-electron chi connectivity index (χ0n) is 11.9. The first-order chi connectivity index (χ1) is 9.69. The predicted molar refractivity (Wildman–Crippen MR) is 79.3 cm³/mol. The molecule has 0 aliphatic heterocycles. The normalized spacial score (nSPS) is 15.1. The molecule has 1 aliphatic rings. The molecule has 0 heterocycles. The highest BCUT2D eigenvalue weighted by Gasteiger charge is 2.40. The van der Waals surface area contributed by atoms with Crippen molar-refractivity contribution in [3.8, 4) is 11.8 Å². The van der Waals surface area contributed by atoms with E-state index in [9.17, 15) is 4.79 Å². The van der Waals surface area contributed by atoms with Gasteiger partial charge in [0.25, 0.3) is 5.91 Å². The second-order valence-corrected chi connectivity index (χ2v) is 5.39. The van der Waals surface area contributed by atoms with Crippen molar-refractivity contribution in [1.29, 1.82) is 0 Å². The molecule has 106 valence electrons. The first kappa shape index (κ1) is 14.6. The second kappa shape index (κ2) is 6.58. The van der Waals surface area contributed by atoms with E-state index in [-0.39, 0.29) is 12.5 Å². The van der Waals surface area contributed by atoms with Gasteiger partial charge >= 0.3 is 0 Å². The molecule has 3 nitrogen and oxygen atoms in total. The molecule has 1 aromatic rings. The Morgan fingerprint density at radius 2 is 2.25 bits per heavy atom. The molecule has 0 aromatic heterocycles. The number of amides is 1. The molecule has 0 unspecified atom stereocenters. The summed E-state index contributed by atoms with van der Waals surface area (Å²) in [5, 5.41) is 11.7. The van der Waals surface area contributed by atoms with Gasteiger partial charge in [-0.1, -0.05) is 24.8 Å². The fourth-order valence-electron chi connectivity index (χ4n) is 2.16. The van der Waals surface area contributed by atoms with Gasteiger partial charge in [0.2, 0.25) is 0 Å². The number of hydrogen-bond acceptors (Lipinski definition) is 2. The molecule has 20 heavy (non-hydrogen) atoms. The standard InChI is InChI=1S/C17H21NO2/c1-2-17(9-10-17)13-18-16(20)15-8-5-7-14(12-15)6-3-4-11-19/h5,7-8,12,19H,2,4,9-11,13H2,1H3,(H,18,20). The van der Waals surface area contributed by atoms with Gasteiger partial charge in [-0.05, 0) is 42.9 Å². The van der Waals surface area contributed by atoms with Crippen LogP contribution in [0.15, 0.2) is 24.3 Å². The van der Waals surface area contributed by atoms with E-state index in [0.717, 1.165) is 18.5 Å². The molecule has 0 atom stereocenters. The molecule has 0 bridgehead atoms. The molecule has 1 aromatic carbocycles. The van der Waals surface area contributed by atoms with Crippen molar-refractivity contribution >= 4 is 5.91 Å². The number of aliphatic hydroxyl groups is 1. The number of hydrogen-bond donors (Lipinski definition) is 2. The Morgan fingerprint density at radius 3 is 2.90 bits per heavy atom. The number of nitrogens with one attached hydrogen (secondary N) is 1. The van der Waals surface area contributed by atoms with Gasteiger partial charge in [0.15, 0.2) is 0 Å². The molecule has 2 N–H and O–H groups in total. The van der Waals surface area contributed by atoms with Crippen molar-refractivity contribution in [2.75, 3.05) is 13.2 Å². The summed E-state index contributed by atoms with van der Waals surface area (Å²) >= 11 is 0. The van der Waals surface area contributed by atoms with Crippen LogP contribution in [0.3, 0.4) is 0 Å². The lowest BCUT2D eigenvalue weighted by Gasteiger charge is -2.13.